The Labute approximate surface area is 205 Å². The third-order valence-corrected chi connectivity index (χ3v) is 6.26. The molecule has 1 heterocycles. The van der Waals surface area contributed by atoms with Crippen LogP contribution in [-0.4, -0.2) is 30.5 Å². The topological polar surface area (TPSA) is 83.2 Å². The van der Waals surface area contributed by atoms with Gasteiger partial charge in [-0.3, -0.25) is 9.59 Å². The minimum atomic E-state index is -0.388. The van der Waals surface area contributed by atoms with Gasteiger partial charge in [-0.05, 0) is 41.8 Å². The zero-order chi connectivity index (χ0) is 24.8. The van der Waals surface area contributed by atoms with Crippen molar-refractivity contribution in [1.29, 1.82) is 0 Å². The van der Waals surface area contributed by atoms with Gasteiger partial charge in [-0.25, -0.2) is 0 Å². The first kappa shape index (κ1) is 24.1. The summed E-state index contributed by atoms with van der Waals surface area (Å²) in [6.45, 7) is 3.90. The molecule has 2 amide bonds. The van der Waals surface area contributed by atoms with Gasteiger partial charge in [0, 0.05) is 36.5 Å². The number of hydrogen-bond donors (Lipinski definition) is 3. The molecule has 35 heavy (non-hydrogen) atoms. The van der Waals surface area contributed by atoms with Gasteiger partial charge in [0.25, 0.3) is 0 Å². The molecule has 6 nitrogen and oxygen atoms in total. The highest BCUT2D eigenvalue weighted by atomic mass is 16.5. The minimum absolute atomic E-state index is 0.0559. The van der Waals surface area contributed by atoms with Crippen molar-refractivity contribution >= 4 is 22.7 Å². The predicted molar refractivity (Wildman–Crippen MR) is 138 cm³/mol. The highest BCUT2D eigenvalue weighted by molar-refractivity contribution is 5.84. The van der Waals surface area contributed by atoms with E-state index >= 15 is 0 Å². The summed E-state index contributed by atoms with van der Waals surface area (Å²) < 4.78 is 5.32. The Kier molecular flexibility index (Phi) is 7.51. The van der Waals surface area contributed by atoms with Gasteiger partial charge in [-0.1, -0.05) is 60.2 Å². The van der Waals surface area contributed by atoms with Crippen LogP contribution in [0.25, 0.3) is 10.9 Å². The standard InChI is InChI=1S/C29H31N3O3/c1-19-8-10-22(11-9-19)28(32-20(2)33)16-29(34)31-17-25(21-12-14-23(35-3)15-13-21)26-18-30-27-7-5-4-6-24(26)27/h4-15,18,25,28,30H,16-17H2,1-3H3,(H,31,34)(H,32,33)/t25-,28+/m1/s1. The van der Waals surface area contributed by atoms with Gasteiger partial charge >= 0.3 is 0 Å². The number of carbonyl (C=O) groups excluding carboxylic acids is 2. The lowest BCUT2D eigenvalue weighted by Crippen LogP contribution is -2.34. The number of aromatic nitrogens is 1. The van der Waals surface area contributed by atoms with Crippen molar-refractivity contribution in [3.05, 3.63) is 101 Å². The number of aryl methyl sites for hydroxylation is 1. The summed E-state index contributed by atoms with van der Waals surface area (Å²) in [5.74, 6) is 0.437. The molecule has 0 spiro atoms. The number of benzene rings is 3. The van der Waals surface area contributed by atoms with Crippen LogP contribution < -0.4 is 15.4 Å². The highest BCUT2D eigenvalue weighted by Crippen LogP contribution is 2.31. The lowest BCUT2D eigenvalue weighted by molar-refractivity contribution is -0.122. The number of fused-ring (bicyclic) bond motifs is 1. The normalized spacial score (nSPS) is 12.7. The first-order valence-corrected chi connectivity index (χ1v) is 11.7. The maximum Gasteiger partial charge on any atom is 0.222 e. The number of nitrogens with one attached hydrogen (secondary N) is 3. The Balaban J connectivity index is 1.55. The zero-order valence-corrected chi connectivity index (χ0v) is 20.3. The third kappa shape index (κ3) is 5.90. The molecule has 3 aromatic carbocycles. The molecular formula is C29H31N3O3. The molecule has 4 rings (SSSR count). The Morgan fingerprint density at radius 2 is 1.63 bits per heavy atom. The molecule has 0 bridgehead atoms. The van der Waals surface area contributed by atoms with Gasteiger partial charge in [0.15, 0.2) is 0 Å². The van der Waals surface area contributed by atoms with Crippen molar-refractivity contribution in [3.63, 3.8) is 0 Å². The Morgan fingerprint density at radius 1 is 0.943 bits per heavy atom. The fourth-order valence-corrected chi connectivity index (χ4v) is 4.40. The van der Waals surface area contributed by atoms with Gasteiger partial charge in [0.1, 0.15) is 5.75 Å². The monoisotopic (exact) mass is 469 g/mol. The van der Waals surface area contributed by atoms with E-state index in [1.54, 1.807) is 7.11 Å². The molecule has 6 heteroatoms. The number of methoxy groups -OCH3 is 1. The van der Waals surface area contributed by atoms with Crippen LogP contribution in [0.3, 0.4) is 0 Å². The summed E-state index contributed by atoms with van der Waals surface area (Å²) in [6, 6.07) is 23.6. The molecule has 4 aromatic rings. The van der Waals surface area contributed by atoms with Gasteiger partial charge in [-0.15, -0.1) is 0 Å². The van der Waals surface area contributed by atoms with E-state index in [0.29, 0.717) is 6.54 Å². The number of ether oxygens (including phenoxy) is 1. The molecule has 3 N–H and O–H groups in total. The molecule has 0 saturated carbocycles. The summed E-state index contributed by atoms with van der Waals surface area (Å²) in [5, 5.41) is 7.15. The van der Waals surface area contributed by atoms with Gasteiger partial charge in [-0.2, -0.15) is 0 Å². The Bertz CT molecular complexity index is 1290. The van der Waals surface area contributed by atoms with Gasteiger partial charge in [0.05, 0.1) is 19.6 Å². The van der Waals surface area contributed by atoms with Crippen molar-refractivity contribution < 1.29 is 14.3 Å². The molecule has 0 fully saturated rings. The van der Waals surface area contributed by atoms with Crippen LogP contribution >= 0.6 is 0 Å². The predicted octanol–water partition coefficient (Wildman–Crippen LogP) is 5.00. The number of H-pyrrole nitrogens is 1. The summed E-state index contributed by atoms with van der Waals surface area (Å²) in [4.78, 5) is 28.2. The summed E-state index contributed by atoms with van der Waals surface area (Å²) in [5.41, 5.74) is 5.28. The second-order valence-electron chi connectivity index (χ2n) is 8.79. The lowest BCUT2D eigenvalue weighted by Gasteiger charge is -2.21. The fraction of sp³-hybridized carbons (Fsp3) is 0.241. The average molecular weight is 470 g/mol. The van der Waals surface area contributed by atoms with Gasteiger partial charge < -0.3 is 20.4 Å². The van der Waals surface area contributed by atoms with Crippen molar-refractivity contribution in [2.24, 2.45) is 0 Å². The van der Waals surface area contributed by atoms with Crippen molar-refractivity contribution in [1.82, 2.24) is 15.6 Å². The second-order valence-corrected chi connectivity index (χ2v) is 8.79. The number of para-hydroxylation sites is 1. The van der Waals surface area contributed by atoms with E-state index in [4.69, 9.17) is 4.74 Å². The van der Waals surface area contributed by atoms with E-state index in [1.807, 2.05) is 79.9 Å². The van der Waals surface area contributed by atoms with E-state index in [9.17, 15) is 9.59 Å². The number of hydrogen-bond acceptors (Lipinski definition) is 3. The molecule has 0 aliphatic heterocycles. The van der Waals surface area contributed by atoms with Crippen LogP contribution in [0.1, 0.15) is 47.6 Å². The minimum Gasteiger partial charge on any atom is -0.497 e. The van der Waals surface area contributed by atoms with Crippen LogP contribution in [-0.2, 0) is 9.59 Å². The van der Waals surface area contributed by atoms with Crippen LogP contribution in [0.15, 0.2) is 79.0 Å². The highest BCUT2D eigenvalue weighted by Gasteiger charge is 2.21. The van der Waals surface area contributed by atoms with Crippen molar-refractivity contribution in [2.45, 2.75) is 32.2 Å². The summed E-state index contributed by atoms with van der Waals surface area (Å²) in [6.07, 6.45) is 2.17. The molecule has 0 radical (unpaired) electrons. The number of rotatable bonds is 9. The van der Waals surface area contributed by atoms with E-state index in [0.717, 1.165) is 38.9 Å². The van der Waals surface area contributed by atoms with E-state index in [-0.39, 0.29) is 30.2 Å². The van der Waals surface area contributed by atoms with Crippen molar-refractivity contribution in [3.8, 4) is 5.75 Å². The number of carbonyl (C=O) groups is 2. The van der Waals surface area contributed by atoms with Crippen LogP contribution in [0, 0.1) is 6.92 Å². The summed E-state index contributed by atoms with van der Waals surface area (Å²) >= 11 is 0. The average Bonchev–Trinajstić information content (AvgIpc) is 3.28. The van der Waals surface area contributed by atoms with E-state index in [2.05, 4.69) is 21.7 Å². The second kappa shape index (κ2) is 10.9. The first-order chi connectivity index (χ1) is 16.9. The molecule has 0 aliphatic rings. The largest absolute Gasteiger partial charge is 0.497 e. The lowest BCUT2D eigenvalue weighted by atomic mass is 9.90. The smallest absolute Gasteiger partial charge is 0.222 e. The maximum absolute atomic E-state index is 13.1. The fourth-order valence-electron chi connectivity index (χ4n) is 4.40. The number of amides is 2. The van der Waals surface area contributed by atoms with Crippen LogP contribution in [0.4, 0.5) is 0 Å². The molecule has 2 atom stereocenters. The Hall–Kier alpha value is -4.06. The molecule has 1 aromatic heterocycles. The quantitative estimate of drug-likeness (QED) is 0.323. The first-order valence-electron chi connectivity index (χ1n) is 11.7. The summed E-state index contributed by atoms with van der Waals surface area (Å²) in [7, 11) is 1.64. The van der Waals surface area contributed by atoms with E-state index < -0.39 is 0 Å². The van der Waals surface area contributed by atoms with Crippen LogP contribution in [0.5, 0.6) is 5.75 Å². The van der Waals surface area contributed by atoms with Crippen molar-refractivity contribution in [2.75, 3.05) is 13.7 Å². The third-order valence-electron chi connectivity index (χ3n) is 6.26. The van der Waals surface area contributed by atoms with Gasteiger partial charge in [0.2, 0.25) is 11.8 Å². The molecular weight excluding hydrogens is 438 g/mol. The van der Waals surface area contributed by atoms with Crippen LogP contribution in [0.2, 0.25) is 0 Å². The molecule has 0 unspecified atom stereocenters. The maximum atomic E-state index is 13.1. The molecule has 0 aliphatic carbocycles. The number of aromatic amines is 1. The molecule has 0 saturated heterocycles. The zero-order valence-electron chi connectivity index (χ0n) is 20.3. The molecule has 180 valence electrons. The van der Waals surface area contributed by atoms with E-state index in [1.165, 1.54) is 6.92 Å². The Morgan fingerprint density at radius 3 is 2.31 bits per heavy atom. The SMILES string of the molecule is COc1ccc([C@@H](CNC(=O)C[C@H](NC(C)=O)c2ccc(C)cc2)c2c[nH]c3ccccc23)cc1.